The van der Waals surface area contributed by atoms with Gasteiger partial charge in [-0.15, -0.1) is 0 Å². The lowest BCUT2D eigenvalue weighted by atomic mass is 9.43. The van der Waals surface area contributed by atoms with Crippen LogP contribution in [-0.2, 0) is 106 Å². The standard InChI is InChI=1S/C93H138O18/c1-52(73-25-28-76-70-22-19-64-43-67(106-55(4)94)34-37-88(64,10)79(70)46-82(91(73,76)13)109-58(7)97)16-31-85(100)103-49-61-40-62(50-104-86(101)32-17-53(2)74-26-29-77-71-23-20-65-44-68(107-56(5)95)35-38-89(65,11)80(71)47-83(92(74,77)14)110-59(8)98)42-63(41-61)51-105-87(102)33-18-54(3)75-27-30-78-72-24-21-66-45-69(108-57(6)96)36-39-90(66,12)81(72)48-84(93(75,78)15)111-60(9)99/h40-42,52-54,64-84H,16-39,43-51H2,1-15H3/t52-,53-,54-,64-,65-,66-,67-,68-,69-,70+,71+,72+,73-,74-,75-,76+,77+,78+,79+,80+,81+,82+,83+,84+,88+,89+,90+,91-,92-,93-/m1/s1. The fraction of sp³-hybridized carbons (Fsp3) is 0.839. The Bertz CT molecular complexity index is 3230. The molecule has 0 bridgehead atoms. The van der Waals surface area contributed by atoms with Gasteiger partial charge in [-0.05, 0) is 331 Å². The molecule has 618 valence electrons. The summed E-state index contributed by atoms with van der Waals surface area (Å²) in [5, 5.41) is 0. The summed E-state index contributed by atoms with van der Waals surface area (Å²) in [6.45, 7) is 30.3. The molecule has 0 saturated heterocycles. The third kappa shape index (κ3) is 16.4. The molecule has 0 aromatic heterocycles. The third-order valence-corrected chi connectivity index (χ3v) is 35.0. The van der Waals surface area contributed by atoms with Gasteiger partial charge in [-0.2, -0.15) is 0 Å². The van der Waals surface area contributed by atoms with E-state index in [0.717, 1.165) is 154 Å². The fourth-order valence-corrected chi connectivity index (χ4v) is 29.9. The minimum Gasteiger partial charge on any atom is -0.463 e. The number of esters is 9. The summed E-state index contributed by atoms with van der Waals surface area (Å²) in [7, 11) is 0. The van der Waals surface area contributed by atoms with Crippen LogP contribution in [0.3, 0.4) is 0 Å². The Hall–Kier alpha value is -5.55. The van der Waals surface area contributed by atoms with Gasteiger partial charge in [0.1, 0.15) is 56.4 Å². The molecule has 0 spiro atoms. The van der Waals surface area contributed by atoms with E-state index in [4.69, 9.17) is 42.6 Å². The van der Waals surface area contributed by atoms with Crippen LogP contribution in [0, 0.1) is 139 Å². The average Bonchev–Trinajstić information content (AvgIpc) is 1.66. The first-order valence-electron chi connectivity index (χ1n) is 44.2. The molecule has 1 aromatic rings. The first-order valence-corrected chi connectivity index (χ1v) is 44.2. The number of rotatable bonds is 24. The topological polar surface area (TPSA) is 237 Å². The number of benzene rings is 1. The van der Waals surface area contributed by atoms with E-state index in [-0.39, 0.29) is 197 Å². The zero-order valence-electron chi connectivity index (χ0n) is 70.3. The van der Waals surface area contributed by atoms with Gasteiger partial charge in [-0.1, -0.05) is 62.3 Å². The summed E-state index contributed by atoms with van der Waals surface area (Å²) in [6.07, 6.45) is 25.2. The van der Waals surface area contributed by atoms with Gasteiger partial charge in [0.15, 0.2) is 0 Å². The fourth-order valence-electron chi connectivity index (χ4n) is 29.9. The molecule has 18 nitrogen and oxygen atoms in total. The van der Waals surface area contributed by atoms with Crippen molar-refractivity contribution in [1.29, 1.82) is 0 Å². The van der Waals surface area contributed by atoms with Gasteiger partial charge >= 0.3 is 53.7 Å². The highest BCUT2D eigenvalue weighted by Crippen LogP contribution is 2.73. The lowest BCUT2D eigenvalue weighted by molar-refractivity contribution is -0.198. The Labute approximate surface area is 663 Å². The number of carbonyl (C=O) groups excluding carboxylic acids is 9. The maximum atomic E-state index is 14.1. The lowest BCUT2D eigenvalue weighted by Gasteiger charge is -2.62. The molecule has 18 heteroatoms. The van der Waals surface area contributed by atoms with Crippen LogP contribution < -0.4 is 0 Å². The molecule has 12 aliphatic rings. The van der Waals surface area contributed by atoms with Crippen molar-refractivity contribution < 1.29 is 85.8 Å². The van der Waals surface area contributed by atoms with Crippen LogP contribution >= 0.6 is 0 Å². The normalized spacial score (nSPS) is 41.8. The van der Waals surface area contributed by atoms with E-state index in [9.17, 15) is 43.2 Å². The molecule has 0 radical (unpaired) electrons. The van der Waals surface area contributed by atoms with Crippen molar-refractivity contribution in [1.82, 2.24) is 0 Å². The van der Waals surface area contributed by atoms with E-state index in [1.807, 2.05) is 18.2 Å². The van der Waals surface area contributed by atoms with Crippen LogP contribution in [-0.4, -0.2) is 90.3 Å². The molecule has 111 heavy (non-hydrogen) atoms. The van der Waals surface area contributed by atoms with Crippen molar-refractivity contribution in [3.05, 3.63) is 34.9 Å². The lowest BCUT2D eigenvalue weighted by Crippen LogP contribution is -2.59. The number of ether oxygens (including phenoxy) is 9. The van der Waals surface area contributed by atoms with E-state index in [1.54, 1.807) is 0 Å². The van der Waals surface area contributed by atoms with Gasteiger partial charge in [-0.25, -0.2) is 0 Å². The third-order valence-electron chi connectivity index (χ3n) is 35.0. The molecule has 0 N–H and O–H groups in total. The van der Waals surface area contributed by atoms with Crippen LogP contribution in [0.15, 0.2) is 18.2 Å². The Morgan fingerprint density at radius 2 is 0.577 bits per heavy atom. The summed E-state index contributed by atoms with van der Waals surface area (Å²) in [6, 6.07) is 5.71. The van der Waals surface area contributed by atoms with Crippen LogP contribution in [0.4, 0.5) is 0 Å². The number of carbonyl (C=O) groups is 9. The summed E-state index contributed by atoms with van der Waals surface area (Å²) in [5.41, 5.74) is 1.53. The van der Waals surface area contributed by atoms with Crippen molar-refractivity contribution >= 4 is 53.7 Å². The Morgan fingerprint density at radius 1 is 0.324 bits per heavy atom. The maximum absolute atomic E-state index is 14.1. The van der Waals surface area contributed by atoms with Gasteiger partial charge in [0, 0.05) is 77.0 Å². The van der Waals surface area contributed by atoms with Gasteiger partial charge < -0.3 is 42.6 Å². The van der Waals surface area contributed by atoms with E-state index >= 15 is 0 Å². The van der Waals surface area contributed by atoms with Crippen LogP contribution in [0.1, 0.15) is 313 Å². The number of hydrogen-bond acceptors (Lipinski definition) is 18. The Morgan fingerprint density at radius 3 is 0.820 bits per heavy atom. The summed E-state index contributed by atoms with van der Waals surface area (Å²) in [5.74, 6) is 4.06. The van der Waals surface area contributed by atoms with E-state index < -0.39 is 0 Å². The minimum atomic E-state index is -0.321. The molecular formula is C93H138O18. The SMILES string of the molecule is CC(=O)O[C@@H]1CC[C@@]2(C)[C@H](CC[C@@H]3[C@@H]2C[C@H](OC(C)=O)[C@]2(C)[C@@H]([C@H](C)CCC(=O)OCc4cc(COC(=O)CC[C@@H](C)[C@H]5CC[C@H]6[C@@H]7CC[C@@H]8C[C@H](OC(C)=O)CC[C@]8(C)[C@H]7C[C@H](OC(C)=O)[C@]56C)cc(COC(=O)CC[C@@H](C)[C@H]5CC[C@H]6[C@@H]7CC[C@@H]8C[C@H](OC(C)=O)CC[C@]8(C)[C@H]7C[C@H](OC(C)=O)[C@]56C)c4)CC[C@@H]32)C1. The van der Waals surface area contributed by atoms with E-state index in [2.05, 4.69) is 62.3 Å². The van der Waals surface area contributed by atoms with Crippen LogP contribution in [0.5, 0.6) is 0 Å². The highest BCUT2D eigenvalue weighted by atomic mass is 16.6. The first kappa shape index (κ1) is 83.4. The zero-order chi connectivity index (χ0) is 79.6. The predicted molar refractivity (Wildman–Crippen MR) is 416 cm³/mol. The molecule has 1 aromatic carbocycles. The Kier molecular flexibility index (Phi) is 25.0. The summed E-state index contributed by atoms with van der Waals surface area (Å²) in [4.78, 5) is 118. The van der Waals surface area contributed by atoms with Gasteiger partial charge in [0.05, 0.1) is 0 Å². The second-order valence-electron chi connectivity index (χ2n) is 40.3. The molecule has 30 atom stereocenters. The molecule has 0 aliphatic heterocycles. The first-order chi connectivity index (χ1) is 52.6. The average molecular weight is 1540 g/mol. The molecule has 12 fully saturated rings. The van der Waals surface area contributed by atoms with Crippen LogP contribution in [0.25, 0.3) is 0 Å². The molecule has 0 unspecified atom stereocenters. The van der Waals surface area contributed by atoms with Crippen molar-refractivity contribution in [2.45, 2.75) is 353 Å². The largest absolute Gasteiger partial charge is 0.463 e. The summed E-state index contributed by atoms with van der Waals surface area (Å²) >= 11 is 0. The van der Waals surface area contributed by atoms with Gasteiger partial charge in [-0.3, -0.25) is 43.2 Å². The predicted octanol–water partition coefficient (Wildman–Crippen LogP) is 18.5. The molecule has 12 aliphatic carbocycles. The molecule has 13 rings (SSSR count). The highest BCUT2D eigenvalue weighted by Gasteiger charge is 2.69. The number of hydrogen-bond donors (Lipinski definition) is 0. The van der Waals surface area contributed by atoms with Crippen molar-refractivity contribution in [3.8, 4) is 0 Å². The second-order valence-corrected chi connectivity index (χ2v) is 40.3. The molecule has 0 amide bonds. The van der Waals surface area contributed by atoms with Crippen molar-refractivity contribution in [2.75, 3.05) is 0 Å². The monoisotopic (exact) mass is 1540 g/mol. The zero-order valence-corrected chi connectivity index (χ0v) is 70.3. The van der Waals surface area contributed by atoms with Gasteiger partial charge in [0.2, 0.25) is 0 Å². The Balaban J connectivity index is 0.656. The van der Waals surface area contributed by atoms with Crippen molar-refractivity contribution in [3.63, 3.8) is 0 Å². The molecule has 0 heterocycles. The number of fused-ring (bicyclic) bond motifs is 15. The maximum Gasteiger partial charge on any atom is 0.306 e. The second kappa shape index (κ2) is 33.2. The minimum absolute atomic E-state index is 0.0336. The highest BCUT2D eigenvalue weighted by molar-refractivity contribution is 5.71. The van der Waals surface area contributed by atoms with Gasteiger partial charge in [0.25, 0.3) is 0 Å². The smallest absolute Gasteiger partial charge is 0.306 e. The quantitative estimate of drug-likeness (QED) is 0.0690. The molecular weight excluding hydrogens is 1410 g/mol. The van der Waals surface area contributed by atoms with E-state index in [1.165, 1.54) is 41.5 Å². The summed E-state index contributed by atoms with van der Waals surface area (Å²) < 4.78 is 55.1. The van der Waals surface area contributed by atoms with E-state index in [0.29, 0.717) is 107 Å². The van der Waals surface area contributed by atoms with Crippen LogP contribution in [0.2, 0.25) is 0 Å². The molecule has 12 saturated carbocycles. The van der Waals surface area contributed by atoms with Crippen molar-refractivity contribution in [2.24, 2.45) is 139 Å².